The smallest absolute Gasteiger partial charge is 0.255 e. The lowest BCUT2D eigenvalue weighted by Crippen LogP contribution is -2.08. The average Bonchev–Trinajstić information content (AvgIpc) is 2.93. The number of fused-ring (bicyclic) bond motifs is 1. The molecule has 1 heterocycles. The number of nitrogens with one attached hydrogen (secondary N) is 1. The van der Waals surface area contributed by atoms with Gasteiger partial charge in [0.1, 0.15) is 0 Å². The zero-order chi connectivity index (χ0) is 14.7. The largest absolute Gasteiger partial charge is 0.454 e. The lowest BCUT2D eigenvalue weighted by atomic mass is 10.2. The lowest BCUT2D eigenvalue weighted by Gasteiger charge is -2.05. The molecule has 0 saturated heterocycles. The highest BCUT2D eigenvalue weighted by atomic mass is 32.2. The van der Waals surface area contributed by atoms with Gasteiger partial charge in [-0.05, 0) is 23.8 Å². The highest BCUT2D eigenvalue weighted by molar-refractivity contribution is 7.95. The quantitative estimate of drug-likeness (QED) is 0.943. The first-order valence-corrected chi connectivity index (χ1v) is 7.83. The molecule has 1 aliphatic heterocycles. The Labute approximate surface area is 122 Å². The molecule has 0 aromatic heterocycles. The van der Waals surface area contributed by atoms with Crippen LogP contribution in [0.2, 0.25) is 0 Å². The molecule has 0 aliphatic carbocycles. The van der Waals surface area contributed by atoms with Crippen molar-refractivity contribution in [3.63, 3.8) is 0 Å². The van der Waals surface area contributed by atoms with Crippen molar-refractivity contribution in [1.29, 1.82) is 0 Å². The number of benzene rings is 2. The molecule has 0 bridgehead atoms. The van der Waals surface area contributed by atoms with Crippen LogP contribution in [-0.4, -0.2) is 15.2 Å². The van der Waals surface area contributed by atoms with Crippen LogP contribution in [0, 0.1) is 0 Å². The summed E-state index contributed by atoms with van der Waals surface area (Å²) in [5.41, 5.74) is 1.24. The predicted molar refractivity (Wildman–Crippen MR) is 80.6 cm³/mol. The second-order valence-corrected chi connectivity index (χ2v) is 5.99. The molecule has 1 aliphatic rings. The zero-order valence-electron chi connectivity index (χ0n) is 11.0. The van der Waals surface area contributed by atoms with Crippen molar-refractivity contribution in [2.75, 3.05) is 11.5 Å². The van der Waals surface area contributed by atoms with Crippen LogP contribution in [-0.2, 0) is 10.0 Å². The molecule has 0 spiro atoms. The van der Waals surface area contributed by atoms with Gasteiger partial charge in [-0.25, -0.2) is 8.42 Å². The van der Waals surface area contributed by atoms with E-state index in [4.69, 9.17) is 9.47 Å². The van der Waals surface area contributed by atoms with E-state index in [1.807, 2.05) is 30.3 Å². The molecule has 0 saturated carbocycles. The summed E-state index contributed by atoms with van der Waals surface area (Å²) in [6.07, 6.45) is 1.54. The van der Waals surface area contributed by atoms with Crippen molar-refractivity contribution in [2.24, 2.45) is 0 Å². The van der Waals surface area contributed by atoms with Gasteiger partial charge >= 0.3 is 0 Å². The van der Waals surface area contributed by atoms with Crippen molar-refractivity contribution in [1.82, 2.24) is 0 Å². The van der Waals surface area contributed by atoms with Gasteiger partial charge in [0.2, 0.25) is 6.79 Å². The Morgan fingerprint density at radius 3 is 2.57 bits per heavy atom. The first kappa shape index (κ1) is 13.5. The lowest BCUT2D eigenvalue weighted by molar-refractivity contribution is 0.174. The number of hydrogen-bond acceptors (Lipinski definition) is 4. The van der Waals surface area contributed by atoms with E-state index in [-0.39, 0.29) is 6.79 Å². The molecule has 108 valence electrons. The summed E-state index contributed by atoms with van der Waals surface area (Å²) >= 11 is 0. The number of anilines is 1. The van der Waals surface area contributed by atoms with Gasteiger partial charge in [-0.3, -0.25) is 4.72 Å². The van der Waals surface area contributed by atoms with Gasteiger partial charge in [0, 0.05) is 6.07 Å². The number of ether oxygens (including phenoxy) is 2. The Balaban J connectivity index is 1.76. The molecule has 2 aromatic rings. The Bertz CT molecular complexity index is 770. The number of sulfonamides is 1. The fourth-order valence-corrected chi connectivity index (χ4v) is 2.75. The van der Waals surface area contributed by atoms with Crippen LogP contribution in [0.3, 0.4) is 0 Å². The van der Waals surface area contributed by atoms with Crippen LogP contribution in [0.1, 0.15) is 5.56 Å². The van der Waals surface area contributed by atoms with Crippen LogP contribution >= 0.6 is 0 Å². The monoisotopic (exact) mass is 303 g/mol. The number of hydrogen-bond donors (Lipinski definition) is 1. The molecular weight excluding hydrogens is 290 g/mol. The van der Waals surface area contributed by atoms with Crippen LogP contribution in [0.25, 0.3) is 6.08 Å². The van der Waals surface area contributed by atoms with Crippen molar-refractivity contribution in [3.8, 4) is 11.5 Å². The van der Waals surface area contributed by atoms with E-state index in [1.54, 1.807) is 18.2 Å². The molecule has 0 fully saturated rings. The summed E-state index contributed by atoms with van der Waals surface area (Å²) in [6, 6.07) is 14.1. The normalized spacial score (nSPS) is 13.5. The van der Waals surface area contributed by atoms with Gasteiger partial charge in [0.05, 0.1) is 11.1 Å². The van der Waals surface area contributed by atoms with Crippen molar-refractivity contribution >= 4 is 21.8 Å². The van der Waals surface area contributed by atoms with E-state index in [9.17, 15) is 8.42 Å². The van der Waals surface area contributed by atoms with Gasteiger partial charge in [-0.1, -0.05) is 30.3 Å². The van der Waals surface area contributed by atoms with Gasteiger partial charge in [-0.15, -0.1) is 0 Å². The third-order valence-corrected chi connectivity index (χ3v) is 3.89. The molecule has 1 N–H and O–H groups in total. The van der Waals surface area contributed by atoms with Gasteiger partial charge in [0.25, 0.3) is 10.0 Å². The van der Waals surface area contributed by atoms with E-state index < -0.39 is 10.0 Å². The summed E-state index contributed by atoms with van der Waals surface area (Å²) in [6.45, 7) is 0.152. The minimum Gasteiger partial charge on any atom is -0.454 e. The SMILES string of the molecule is O=S(=O)(/C=C/c1ccccc1)Nc1ccc2c(c1)OCO2. The standard InChI is InChI=1S/C15H13NO4S/c17-21(18,9-8-12-4-2-1-3-5-12)16-13-6-7-14-15(10-13)20-11-19-14/h1-10,16H,11H2/b9-8+. The van der Waals surface area contributed by atoms with E-state index in [0.717, 1.165) is 11.0 Å². The topological polar surface area (TPSA) is 64.6 Å². The maximum atomic E-state index is 12.0. The van der Waals surface area contributed by atoms with Crippen molar-refractivity contribution in [3.05, 3.63) is 59.5 Å². The zero-order valence-corrected chi connectivity index (χ0v) is 11.8. The van der Waals surface area contributed by atoms with Crippen LogP contribution in [0.4, 0.5) is 5.69 Å². The van der Waals surface area contributed by atoms with E-state index in [0.29, 0.717) is 17.2 Å². The molecule has 0 radical (unpaired) electrons. The summed E-state index contributed by atoms with van der Waals surface area (Å²) in [7, 11) is -3.58. The first-order valence-electron chi connectivity index (χ1n) is 6.28. The maximum Gasteiger partial charge on any atom is 0.255 e. The van der Waals surface area contributed by atoms with E-state index in [2.05, 4.69) is 4.72 Å². The fourth-order valence-electron chi connectivity index (χ4n) is 1.89. The summed E-state index contributed by atoms with van der Waals surface area (Å²) in [5.74, 6) is 1.14. The second kappa shape index (κ2) is 5.49. The molecule has 3 rings (SSSR count). The summed E-state index contributed by atoms with van der Waals surface area (Å²) < 4.78 is 36.9. The third-order valence-electron chi connectivity index (χ3n) is 2.87. The molecule has 21 heavy (non-hydrogen) atoms. The Morgan fingerprint density at radius 1 is 1.00 bits per heavy atom. The first-order chi connectivity index (χ1) is 10.1. The Kier molecular flexibility index (Phi) is 3.53. The van der Waals surface area contributed by atoms with Crippen LogP contribution < -0.4 is 14.2 Å². The molecular formula is C15H13NO4S. The van der Waals surface area contributed by atoms with E-state index >= 15 is 0 Å². The summed E-state index contributed by atoms with van der Waals surface area (Å²) in [4.78, 5) is 0. The molecule has 6 heteroatoms. The highest BCUT2D eigenvalue weighted by Gasteiger charge is 2.14. The van der Waals surface area contributed by atoms with E-state index in [1.165, 1.54) is 6.08 Å². The highest BCUT2D eigenvalue weighted by Crippen LogP contribution is 2.34. The molecule has 0 atom stereocenters. The Morgan fingerprint density at radius 2 is 1.76 bits per heavy atom. The average molecular weight is 303 g/mol. The third kappa shape index (κ3) is 3.35. The van der Waals surface area contributed by atoms with Crippen molar-refractivity contribution in [2.45, 2.75) is 0 Å². The van der Waals surface area contributed by atoms with Crippen LogP contribution in [0.5, 0.6) is 11.5 Å². The molecule has 5 nitrogen and oxygen atoms in total. The molecule has 0 amide bonds. The fraction of sp³-hybridized carbons (Fsp3) is 0.0667. The van der Waals surface area contributed by atoms with Gasteiger partial charge in [-0.2, -0.15) is 0 Å². The maximum absolute atomic E-state index is 12.0. The predicted octanol–water partition coefficient (Wildman–Crippen LogP) is 2.83. The minimum atomic E-state index is -3.58. The van der Waals surface area contributed by atoms with Gasteiger partial charge in [0.15, 0.2) is 11.5 Å². The number of rotatable bonds is 4. The molecule has 2 aromatic carbocycles. The summed E-state index contributed by atoms with van der Waals surface area (Å²) in [5, 5.41) is 1.13. The van der Waals surface area contributed by atoms with Gasteiger partial charge < -0.3 is 9.47 Å². The Hall–Kier alpha value is -2.47. The second-order valence-electron chi connectivity index (χ2n) is 4.43. The van der Waals surface area contributed by atoms with Crippen molar-refractivity contribution < 1.29 is 17.9 Å². The minimum absolute atomic E-state index is 0.152. The molecule has 0 unspecified atom stereocenters. The van der Waals surface area contributed by atoms with Crippen LogP contribution in [0.15, 0.2) is 53.9 Å².